The van der Waals surface area contributed by atoms with E-state index in [0.717, 1.165) is 23.7 Å². The van der Waals surface area contributed by atoms with E-state index >= 15 is 0 Å². The van der Waals surface area contributed by atoms with Crippen LogP contribution in [0.15, 0.2) is 10.3 Å². The monoisotopic (exact) mass is 319 g/mol. The van der Waals surface area contributed by atoms with Crippen LogP contribution in [0.1, 0.15) is 6.92 Å². The Hall–Kier alpha value is -1.68. The number of rotatable bonds is 4. The first-order valence-electron chi connectivity index (χ1n) is 5.75. The molecule has 8 nitrogen and oxygen atoms in total. The highest BCUT2D eigenvalue weighted by Crippen LogP contribution is 2.40. The van der Waals surface area contributed by atoms with Gasteiger partial charge in [-0.3, -0.25) is 14.9 Å². The van der Waals surface area contributed by atoms with Gasteiger partial charge in [-0.1, -0.05) is 11.3 Å². The highest BCUT2D eigenvalue weighted by molar-refractivity contribution is 7.92. The first kappa shape index (κ1) is 14.7. The molecule has 0 aliphatic carbocycles. The quantitative estimate of drug-likeness (QED) is 0.597. The smallest absolute Gasteiger partial charge is 0.305 e. The average molecular weight is 319 g/mol. The standard InChI is InChI=1S/C10H13N3O5S2/c1-3-11-6-12(5-8(11)14)10-7(13(15)16)4-9(19-10)20(2,17)18/h4H,3,5-6H2,1-2H3. The van der Waals surface area contributed by atoms with Gasteiger partial charge in [-0.2, -0.15) is 0 Å². The summed E-state index contributed by atoms with van der Waals surface area (Å²) in [6, 6.07) is 1.05. The number of sulfone groups is 1. The van der Waals surface area contributed by atoms with E-state index in [0.29, 0.717) is 6.54 Å². The van der Waals surface area contributed by atoms with Crippen molar-refractivity contribution in [3.63, 3.8) is 0 Å². The number of nitro groups is 1. The lowest BCUT2D eigenvalue weighted by atomic mass is 10.4. The summed E-state index contributed by atoms with van der Waals surface area (Å²) in [5, 5.41) is 11.3. The molecule has 0 unspecified atom stereocenters. The molecule has 0 radical (unpaired) electrons. The Morgan fingerprint density at radius 1 is 1.50 bits per heavy atom. The lowest BCUT2D eigenvalue weighted by molar-refractivity contribution is -0.383. The van der Waals surface area contributed by atoms with E-state index in [-0.39, 0.29) is 34.0 Å². The molecule has 0 aromatic carbocycles. The Balaban J connectivity index is 2.44. The third-order valence-corrected chi connectivity index (χ3v) is 5.91. The first-order chi connectivity index (χ1) is 9.24. The zero-order valence-corrected chi connectivity index (χ0v) is 12.5. The van der Waals surface area contributed by atoms with Crippen molar-refractivity contribution in [2.24, 2.45) is 0 Å². The van der Waals surface area contributed by atoms with E-state index < -0.39 is 14.8 Å². The van der Waals surface area contributed by atoms with Crippen LogP contribution in [-0.2, 0) is 14.6 Å². The van der Waals surface area contributed by atoms with Crippen molar-refractivity contribution in [2.75, 3.05) is 30.9 Å². The summed E-state index contributed by atoms with van der Waals surface area (Å²) >= 11 is 0.824. The molecule has 0 atom stereocenters. The number of carbonyl (C=O) groups excluding carboxylic acids is 1. The van der Waals surface area contributed by atoms with Crippen molar-refractivity contribution >= 4 is 37.8 Å². The minimum atomic E-state index is -3.51. The molecular weight excluding hydrogens is 306 g/mol. The fraction of sp³-hybridized carbons (Fsp3) is 0.500. The molecule has 20 heavy (non-hydrogen) atoms. The van der Waals surface area contributed by atoms with Gasteiger partial charge in [0, 0.05) is 18.9 Å². The molecule has 1 aromatic rings. The van der Waals surface area contributed by atoms with Crippen molar-refractivity contribution in [1.29, 1.82) is 0 Å². The fourth-order valence-corrected chi connectivity index (χ4v) is 3.92. The van der Waals surface area contributed by atoms with Gasteiger partial charge in [0.1, 0.15) is 4.21 Å². The molecule has 1 amide bonds. The largest absolute Gasteiger partial charge is 0.331 e. The molecule has 1 saturated heterocycles. The van der Waals surface area contributed by atoms with Gasteiger partial charge < -0.3 is 9.80 Å². The second-order valence-electron chi connectivity index (χ2n) is 4.37. The van der Waals surface area contributed by atoms with Crippen molar-refractivity contribution in [3.05, 3.63) is 16.2 Å². The van der Waals surface area contributed by atoms with Crippen LogP contribution in [0.25, 0.3) is 0 Å². The summed E-state index contributed by atoms with van der Waals surface area (Å²) in [6.07, 6.45) is 1.000. The van der Waals surface area contributed by atoms with Gasteiger partial charge in [-0.05, 0) is 6.92 Å². The van der Waals surface area contributed by atoms with Gasteiger partial charge in [0.25, 0.3) is 0 Å². The first-order valence-corrected chi connectivity index (χ1v) is 8.45. The topological polar surface area (TPSA) is 101 Å². The molecule has 0 saturated carbocycles. The molecule has 1 aliphatic heterocycles. The van der Waals surface area contributed by atoms with Crippen LogP contribution in [0.3, 0.4) is 0 Å². The predicted molar refractivity (Wildman–Crippen MR) is 73.7 cm³/mol. The number of nitrogens with zero attached hydrogens (tertiary/aromatic N) is 3. The van der Waals surface area contributed by atoms with Crippen LogP contribution < -0.4 is 4.90 Å². The molecule has 1 fully saturated rings. The highest BCUT2D eigenvalue weighted by Gasteiger charge is 2.33. The van der Waals surface area contributed by atoms with E-state index in [1.165, 1.54) is 4.90 Å². The van der Waals surface area contributed by atoms with Gasteiger partial charge in [0.15, 0.2) is 14.8 Å². The molecule has 1 aromatic heterocycles. The normalized spacial score (nSPS) is 16.0. The van der Waals surface area contributed by atoms with Crippen LogP contribution in [0.2, 0.25) is 0 Å². The summed E-state index contributed by atoms with van der Waals surface area (Å²) in [5.74, 6) is -0.129. The number of hydrogen-bond acceptors (Lipinski definition) is 7. The molecule has 2 rings (SSSR count). The molecule has 10 heteroatoms. The highest BCUT2D eigenvalue weighted by atomic mass is 32.2. The SMILES string of the molecule is CCN1CN(c2sc(S(C)(=O)=O)cc2[N+](=O)[O-])CC1=O. The maximum atomic E-state index is 11.7. The number of amides is 1. The van der Waals surface area contributed by atoms with Crippen LogP contribution >= 0.6 is 11.3 Å². The van der Waals surface area contributed by atoms with Crippen LogP contribution in [0.4, 0.5) is 10.7 Å². The van der Waals surface area contributed by atoms with Crippen molar-refractivity contribution in [2.45, 2.75) is 11.1 Å². The summed E-state index contributed by atoms with van der Waals surface area (Å²) < 4.78 is 23.0. The lowest BCUT2D eigenvalue weighted by Gasteiger charge is -2.15. The zero-order chi connectivity index (χ0) is 15.1. The number of hydrogen-bond donors (Lipinski definition) is 0. The minimum Gasteiger partial charge on any atom is -0.331 e. The van der Waals surface area contributed by atoms with Gasteiger partial charge in [-0.15, -0.1) is 0 Å². The van der Waals surface area contributed by atoms with E-state index in [1.54, 1.807) is 4.90 Å². The van der Waals surface area contributed by atoms with Gasteiger partial charge in [0.05, 0.1) is 18.1 Å². The maximum absolute atomic E-state index is 11.7. The van der Waals surface area contributed by atoms with Gasteiger partial charge in [0.2, 0.25) is 5.91 Å². The molecule has 0 bridgehead atoms. The molecular formula is C10H13N3O5S2. The average Bonchev–Trinajstić information content (AvgIpc) is 2.90. The molecule has 1 aliphatic rings. The number of carbonyl (C=O) groups is 1. The Bertz CT molecular complexity index is 666. The predicted octanol–water partition coefficient (Wildman–Crippen LogP) is 0.686. The summed E-state index contributed by atoms with van der Waals surface area (Å²) in [6.45, 7) is 2.58. The summed E-state index contributed by atoms with van der Waals surface area (Å²) in [7, 11) is -3.51. The van der Waals surface area contributed by atoms with E-state index in [9.17, 15) is 23.3 Å². The van der Waals surface area contributed by atoms with Crippen LogP contribution in [0, 0.1) is 10.1 Å². The Kier molecular flexibility index (Phi) is 3.69. The van der Waals surface area contributed by atoms with Crippen LogP contribution in [0.5, 0.6) is 0 Å². The van der Waals surface area contributed by atoms with E-state index in [2.05, 4.69) is 0 Å². The Morgan fingerprint density at radius 2 is 2.15 bits per heavy atom. The lowest BCUT2D eigenvalue weighted by Crippen LogP contribution is -2.26. The zero-order valence-electron chi connectivity index (χ0n) is 10.9. The van der Waals surface area contributed by atoms with Crippen molar-refractivity contribution in [3.8, 4) is 0 Å². The Labute approximate surface area is 119 Å². The van der Waals surface area contributed by atoms with Crippen molar-refractivity contribution < 1.29 is 18.1 Å². The summed E-state index contributed by atoms with van der Waals surface area (Å²) in [5.41, 5.74) is -0.277. The van der Waals surface area contributed by atoms with Gasteiger partial charge in [-0.25, -0.2) is 8.42 Å². The maximum Gasteiger partial charge on any atom is 0.305 e. The van der Waals surface area contributed by atoms with Gasteiger partial charge >= 0.3 is 5.69 Å². The number of anilines is 1. The summed E-state index contributed by atoms with van der Waals surface area (Å²) in [4.78, 5) is 25.2. The van der Waals surface area contributed by atoms with E-state index in [4.69, 9.17) is 0 Å². The minimum absolute atomic E-state index is 0.0262. The third-order valence-electron chi connectivity index (χ3n) is 2.92. The molecule has 0 spiro atoms. The van der Waals surface area contributed by atoms with Crippen LogP contribution in [-0.4, -0.2) is 50.2 Å². The number of likely N-dealkylation sites (N-methyl/N-ethyl adjacent to an activating group) is 1. The second-order valence-corrected chi connectivity index (χ2v) is 7.65. The third kappa shape index (κ3) is 2.61. The number of thiophene rings is 1. The Morgan fingerprint density at radius 3 is 2.60 bits per heavy atom. The molecule has 110 valence electrons. The van der Waals surface area contributed by atoms with Crippen molar-refractivity contribution in [1.82, 2.24) is 4.90 Å². The second kappa shape index (κ2) is 5.02. The fourth-order valence-electron chi connectivity index (χ4n) is 1.90. The van der Waals surface area contributed by atoms with E-state index in [1.807, 2.05) is 6.92 Å². The molecule has 0 N–H and O–H groups in total. The molecule has 2 heterocycles.